The molecule has 0 unspecified atom stereocenters. The molecule has 0 aliphatic carbocycles. The van der Waals surface area contributed by atoms with Crippen molar-refractivity contribution in [2.75, 3.05) is 5.32 Å². The van der Waals surface area contributed by atoms with Gasteiger partial charge >= 0.3 is 24.8 Å². The van der Waals surface area contributed by atoms with Crippen LogP contribution in [0.15, 0.2) is 36.5 Å². The number of benzene rings is 1. The molecule has 2 rings (SSSR count). The summed E-state index contributed by atoms with van der Waals surface area (Å²) in [7, 11) is 0. The molecule has 0 fully saturated rings. The minimum Gasteiger partial charge on any atom is -0.870 e. The van der Waals surface area contributed by atoms with Crippen molar-refractivity contribution in [1.82, 2.24) is 4.98 Å². The molecule has 1 aromatic heterocycles. The Morgan fingerprint density at radius 2 is 2.10 bits per heavy atom. The third kappa shape index (κ3) is 4.58. The Labute approximate surface area is 131 Å². The van der Waals surface area contributed by atoms with Crippen molar-refractivity contribution in [1.29, 1.82) is 5.26 Å². The van der Waals surface area contributed by atoms with E-state index in [2.05, 4.69) is 10.3 Å². The molecule has 2 aromatic rings. The number of carbonyl (C=O) groups is 1. The topological polar surface area (TPSA) is 116 Å². The largest absolute Gasteiger partial charge is 1.00 e. The number of carboxylic acids is 1. The first-order valence-corrected chi connectivity index (χ1v) is 5.26. The standard InChI is InChI=1S/C13H8FN3O2.Li.H2O/c14-9-4-8(7-15)5-10(6-9)17-12-11(13(18)19)2-1-3-16-12;;/h1-6H,(H,16,17)(H,18,19);;1H2/q;+1;/p-1. The van der Waals surface area contributed by atoms with Gasteiger partial charge in [-0.2, -0.15) is 5.26 Å². The van der Waals surface area contributed by atoms with E-state index in [1.165, 1.54) is 24.4 Å². The fourth-order valence-electron chi connectivity index (χ4n) is 1.54. The molecule has 0 amide bonds. The van der Waals surface area contributed by atoms with E-state index in [1.54, 1.807) is 0 Å². The molecule has 1 heterocycles. The van der Waals surface area contributed by atoms with E-state index in [4.69, 9.17) is 10.4 Å². The quantitative estimate of drug-likeness (QED) is 0.723. The number of nitrogens with one attached hydrogen (secondary N) is 1. The van der Waals surface area contributed by atoms with E-state index >= 15 is 0 Å². The van der Waals surface area contributed by atoms with Gasteiger partial charge in [0.15, 0.2) is 0 Å². The number of hydrogen-bond acceptors (Lipinski definition) is 5. The van der Waals surface area contributed by atoms with Crippen LogP contribution in [-0.4, -0.2) is 21.5 Å². The number of rotatable bonds is 3. The van der Waals surface area contributed by atoms with Crippen molar-refractivity contribution in [2.45, 2.75) is 0 Å². The van der Waals surface area contributed by atoms with Crippen LogP contribution < -0.4 is 24.2 Å². The zero-order valence-corrected chi connectivity index (χ0v) is 11.0. The van der Waals surface area contributed by atoms with Crippen LogP contribution in [0.5, 0.6) is 0 Å². The molecule has 0 aliphatic rings. The van der Waals surface area contributed by atoms with E-state index in [0.717, 1.165) is 12.1 Å². The smallest absolute Gasteiger partial charge is 0.870 e. The van der Waals surface area contributed by atoms with Crippen molar-refractivity contribution in [2.24, 2.45) is 0 Å². The van der Waals surface area contributed by atoms with Gasteiger partial charge in [-0.15, -0.1) is 0 Å². The molecule has 3 N–H and O–H groups in total. The monoisotopic (exact) mass is 281 g/mol. The molecule has 0 aliphatic heterocycles. The first-order chi connectivity index (χ1) is 9.10. The zero-order chi connectivity index (χ0) is 13.8. The first kappa shape index (κ1) is 18.6. The average molecular weight is 281 g/mol. The molecule has 21 heavy (non-hydrogen) atoms. The average Bonchev–Trinajstić information content (AvgIpc) is 2.38. The van der Waals surface area contributed by atoms with Gasteiger partial charge in [0.25, 0.3) is 0 Å². The van der Waals surface area contributed by atoms with Crippen LogP contribution in [0.2, 0.25) is 0 Å². The summed E-state index contributed by atoms with van der Waals surface area (Å²) in [4.78, 5) is 14.9. The summed E-state index contributed by atoms with van der Waals surface area (Å²) in [6.07, 6.45) is 1.42. The maximum atomic E-state index is 13.2. The van der Waals surface area contributed by atoms with Crippen molar-refractivity contribution >= 4 is 17.5 Å². The molecular formula is C13H9FLiN3O3. The first-order valence-electron chi connectivity index (χ1n) is 5.26. The van der Waals surface area contributed by atoms with Gasteiger partial charge < -0.3 is 15.9 Å². The summed E-state index contributed by atoms with van der Waals surface area (Å²) in [5, 5.41) is 20.4. The second-order valence-corrected chi connectivity index (χ2v) is 3.67. The molecule has 0 bridgehead atoms. The second kappa shape index (κ2) is 8.03. The fourth-order valence-corrected chi connectivity index (χ4v) is 1.54. The Morgan fingerprint density at radius 3 is 2.71 bits per heavy atom. The fraction of sp³-hybridized carbons (Fsp3) is 0. The number of nitriles is 1. The summed E-state index contributed by atoms with van der Waals surface area (Å²) in [5.41, 5.74) is 0.360. The van der Waals surface area contributed by atoms with Crippen LogP contribution in [0.25, 0.3) is 0 Å². The predicted molar refractivity (Wildman–Crippen MR) is 67.5 cm³/mol. The van der Waals surface area contributed by atoms with Crippen LogP contribution in [-0.2, 0) is 0 Å². The third-order valence-corrected chi connectivity index (χ3v) is 2.33. The number of aromatic carboxylic acids is 1. The van der Waals surface area contributed by atoms with Gasteiger partial charge in [-0.05, 0) is 30.3 Å². The molecular weight excluding hydrogens is 272 g/mol. The molecule has 8 heteroatoms. The molecule has 0 saturated carbocycles. The number of aromatic nitrogens is 1. The number of carboxylic acid groups (broad SMARTS) is 1. The Kier molecular flexibility index (Phi) is 7.12. The van der Waals surface area contributed by atoms with Gasteiger partial charge in [0.1, 0.15) is 17.2 Å². The van der Waals surface area contributed by atoms with Gasteiger partial charge in [0.2, 0.25) is 0 Å². The van der Waals surface area contributed by atoms with Crippen molar-refractivity contribution in [3.63, 3.8) is 0 Å². The van der Waals surface area contributed by atoms with Gasteiger partial charge in [0, 0.05) is 11.9 Å². The van der Waals surface area contributed by atoms with Crippen LogP contribution >= 0.6 is 0 Å². The number of anilines is 2. The van der Waals surface area contributed by atoms with Crippen molar-refractivity contribution in [3.05, 3.63) is 53.5 Å². The van der Waals surface area contributed by atoms with E-state index in [-0.39, 0.29) is 47.0 Å². The maximum absolute atomic E-state index is 13.2. The van der Waals surface area contributed by atoms with E-state index < -0.39 is 11.8 Å². The third-order valence-electron chi connectivity index (χ3n) is 2.33. The number of hydrogen-bond donors (Lipinski definition) is 2. The van der Waals surface area contributed by atoms with Gasteiger partial charge in [0.05, 0.1) is 11.6 Å². The van der Waals surface area contributed by atoms with Crippen LogP contribution in [0, 0.1) is 17.1 Å². The minimum absolute atomic E-state index is 0. The number of nitrogens with zero attached hydrogens (tertiary/aromatic N) is 2. The van der Waals surface area contributed by atoms with Crippen LogP contribution in [0.4, 0.5) is 15.9 Å². The number of halogens is 1. The Bertz CT molecular complexity index is 689. The van der Waals surface area contributed by atoms with Crippen molar-refractivity contribution < 1.29 is 38.6 Å². The molecule has 0 atom stereocenters. The maximum Gasteiger partial charge on any atom is 1.00 e. The van der Waals surface area contributed by atoms with E-state index in [1.807, 2.05) is 6.07 Å². The van der Waals surface area contributed by atoms with Gasteiger partial charge in [-0.25, -0.2) is 14.2 Å². The van der Waals surface area contributed by atoms with Gasteiger partial charge in [-0.1, -0.05) is 0 Å². The minimum atomic E-state index is -1.15. The predicted octanol–water partition coefficient (Wildman–Crippen LogP) is -0.639. The molecule has 102 valence electrons. The molecule has 6 nitrogen and oxygen atoms in total. The molecule has 0 saturated heterocycles. The SMILES string of the molecule is N#Cc1cc(F)cc(Nc2ncccc2C(=O)O)c1.[Li+].[OH-]. The summed E-state index contributed by atoms with van der Waals surface area (Å²) in [6, 6.07) is 8.32. The van der Waals surface area contributed by atoms with Crippen LogP contribution in [0.1, 0.15) is 15.9 Å². The second-order valence-electron chi connectivity index (χ2n) is 3.67. The summed E-state index contributed by atoms with van der Waals surface area (Å²) in [5.74, 6) is -1.65. The van der Waals surface area contributed by atoms with Gasteiger partial charge in [-0.3, -0.25) is 0 Å². The van der Waals surface area contributed by atoms with E-state index in [0.29, 0.717) is 0 Å². The van der Waals surface area contributed by atoms with Crippen LogP contribution in [0.3, 0.4) is 0 Å². The normalized spacial score (nSPS) is 8.76. The molecule has 1 aromatic carbocycles. The number of pyridine rings is 1. The molecule has 0 radical (unpaired) electrons. The zero-order valence-electron chi connectivity index (χ0n) is 11.0. The Balaban J connectivity index is 0.00000200. The summed E-state index contributed by atoms with van der Waals surface area (Å²) in [6.45, 7) is 0. The Morgan fingerprint density at radius 1 is 1.38 bits per heavy atom. The summed E-state index contributed by atoms with van der Waals surface area (Å²) < 4.78 is 13.2. The molecule has 0 spiro atoms. The summed E-state index contributed by atoms with van der Waals surface area (Å²) >= 11 is 0. The van der Waals surface area contributed by atoms with Crippen molar-refractivity contribution in [3.8, 4) is 6.07 Å². The Hall–Kier alpha value is -2.38. The van der Waals surface area contributed by atoms with E-state index in [9.17, 15) is 9.18 Å².